The molecule has 3 rings (SSSR count). The van der Waals surface area contributed by atoms with E-state index in [1.807, 2.05) is 15.8 Å². The van der Waals surface area contributed by atoms with Crippen molar-refractivity contribution in [2.24, 2.45) is 0 Å². The Kier molecular flexibility index (Phi) is 3.65. The first-order valence-corrected chi connectivity index (χ1v) is 6.93. The predicted molar refractivity (Wildman–Crippen MR) is 75.4 cm³/mol. The highest BCUT2D eigenvalue weighted by Gasteiger charge is 2.24. The summed E-state index contributed by atoms with van der Waals surface area (Å²) in [7, 11) is 0. The van der Waals surface area contributed by atoms with Crippen LogP contribution in [0, 0.1) is 11.3 Å². The minimum atomic E-state index is 0.0246. The molecule has 2 aromatic rings. The number of rotatable bonds is 2. The zero-order valence-electron chi connectivity index (χ0n) is 11.5. The number of hydrogen-bond donors (Lipinski definition) is 0. The van der Waals surface area contributed by atoms with Crippen molar-refractivity contribution in [1.29, 1.82) is 5.26 Å². The molecule has 1 saturated heterocycles. The molecule has 1 aromatic carbocycles. The van der Waals surface area contributed by atoms with Crippen LogP contribution >= 0.6 is 0 Å². The zero-order chi connectivity index (χ0) is 14.7. The molecule has 0 spiro atoms. The van der Waals surface area contributed by atoms with Gasteiger partial charge in [-0.3, -0.25) is 4.79 Å². The summed E-state index contributed by atoms with van der Waals surface area (Å²) in [6.45, 7) is 1.42. The number of likely N-dealkylation sites (tertiary alicyclic amines) is 1. The van der Waals surface area contributed by atoms with E-state index in [9.17, 15) is 4.79 Å². The van der Waals surface area contributed by atoms with Crippen molar-refractivity contribution in [1.82, 2.24) is 19.9 Å². The van der Waals surface area contributed by atoms with Gasteiger partial charge in [0.15, 0.2) is 0 Å². The molecule has 1 aliphatic heterocycles. The summed E-state index contributed by atoms with van der Waals surface area (Å²) in [5, 5.41) is 16.6. The molecule has 6 heteroatoms. The van der Waals surface area contributed by atoms with E-state index in [1.165, 1.54) is 0 Å². The molecule has 1 aliphatic rings. The topological polar surface area (TPSA) is 74.8 Å². The Bertz CT molecular complexity index is 648. The number of carbonyl (C=O) groups is 1. The molecule has 6 nitrogen and oxygen atoms in total. The molecule has 0 unspecified atom stereocenters. The summed E-state index contributed by atoms with van der Waals surface area (Å²) < 4.78 is 1.86. The monoisotopic (exact) mass is 281 g/mol. The molecule has 1 fully saturated rings. The third kappa shape index (κ3) is 2.77. The Labute approximate surface area is 122 Å². The van der Waals surface area contributed by atoms with E-state index in [0.29, 0.717) is 30.3 Å². The Morgan fingerprint density at radius 1 is 1.24 bits per heavy atom. The van der Waals surface area contributed by atoms with Gasteiger partial charge in [-0.25, -0.2) is 4.68 Å². The lowest BCUT2D eigenvalue weighted by molar-refractivity contribution is 0.0689. The van der Waals surface area contributed by atoms with Crippen LogP contribution in [0.3, 0.4) is 0 Å². The summed E-state index contributed by atoms with van der Waals surface area (Å²) in [5.41, 5.74) is 1.20. The van der Waals surface area contributed by atoms with Gasteiger partial charge in [-0.05, 0) is 37.1 Å². The summed E-state index contributed by atoms with van der Waals surface area (Å²) >= 11 is 0. The van der Waals surface area contributed by atoms with Crippen LogP contribution in [-0.4, -0.2) is 38.9 Å². The predicted octanol–water partition coefficient (Wildman–Crippen LogP) is 1.63. The van der Waals surface area contributed by atoms with Crippen LogP contribution in [0.25, 0.3) is 0 Å². The second-order valence-electron chi connectivity index (χ2n) is 5.10. The maximum absolute atomic E-state index is 12.4. The van der Waals surface area contributed by atoms with Crippen molar-refractivity contribution in [3.63, 3.8) is 0 Å². The second-order valence-corrected chi connectivity index (χ2v) is 5.10. The smallest absolute Gasteiger partial charge is 0.253 e. The van der Waals surface area contributed by atoms with Gasteiger partial charge in [0.25, 0.3) is 5.91 Å². The van der Waals surface area contributed by atoms with Crippen LogP contribution in [0.4, 0.5) is 0 Å². The largest absolute Gasteiger partial charge is 0.338 e. The normalized spacial score (nSPS) is 15.7. The first-order chi connectivity index (χ1) is 10.3. The number of carbonyl (C=O) groups excluding carboxylic acids is 1. The minimum absolute atomic E-state index is 0.0246. The first kappa shape index (κ1) is 13.3. The van der Waals surface area contributed by atoms with Crippen molar-refractivity contribution >= 4 is 5.91 Å². The van der Waals surface area contributed by atoms with Gasteiger partial charge in [0, 0.05) is 24.8 Å². The number of hydrogen-bond acceptors (Lipinski definition) is 4. The van der Waals surface area contributed by atoms with Crippen LogP contribution in [0.2, 0.25) is 0 Å². The maximum Gasteiger partial charge on any atom is 0.253 e. The molecule has 1 amide bonds. The van der Waals surface area contributed by atoms with Gasteiger partial charge in [-0.15, -0.1) is 5.10 Å². The molecule has 0 radical (unpaired) electrons. The Hall–Kier alpha value is -2.68. The van der Waals surface area contributed by atoms with Crippen molar-refractivity contribution in [2.45, 2.75) is 18.9 Å². The van der Waals surface area contributed by atoms with Gasteiger partial charge < -0.3 is 4.90 Å². The molecular weight excluding hydrogens is 266 g/mol. The lowest BCUT2D eigenvalue weighted by atomic mass is 10.0. The number of aromatic nitrogens is 3. The van der Waals surface area contributed by atoms with E-state index in [-0.39, 0.29) is 5.91 Å². The van der Waals surface area contributed by atoms with Crippen LogP contribution < -0.4 is 0 Å². The summed E-state index contributed by atoms with van der Waals surface area (Å²) in [6, 6.07) is 9.15. The summed E-state index contributed by atoms with van der Waals surface area (Å²) in [6.07, 6.45) is 5.30. The molecule has 0 aliphatic carbocycles. The Balaban J connectivity index is 1.63. The van der Waals surface area contributed by atoms with E-state index < -0.39 is 0 Å². The van der Waals surface area contributed by atoms with Gasteiger partial charge in [0.1, 0.15) is 0 Å². The molecule has 0 saturated carbocycles. The van der Waals surface area contributed by atoms with Gasteiger partial charge in [-0.2, -0.15) is 5.26 Å². The Morgan fingerprint density at radius 2 is 1.95 bits per heavy atom. The van der Waals surface area contributed by atoms with Crippen LogP contribution in [0.15, 0.2) is 36.7 Å². The zero-order valence-corrected chi connectivity index (χ0v) is 11.5. The highest BCUT2D eigenvalue weighted by molar-refractivity contribution is 5.94. The van der Waals surface area contributed by atoms with E-state index in [0.717, 1.165) is 12.8 Å². The number of nitrogens with zero attached hydrogens (tertiary/aromatic N) is 5. The molecular formula is C15H15N5O. The molecule has 0 bridgehead atoms. The standard InChI is InChI=1S/C15H15N5O/c16-11-12-1-3-13(4-2-12)15(21)19-8-5-14(6-9-19)20-10-7-17-18-20/h1-4,7,10,14H,5-6,8-9H2. The number of piperidine rings is 1. The third-order valence-electron chi connectivity index (χ3n) is 3.83. The highest BCUT2D eigenvalue weighted by Crippen LogP contribution is 2.22. The Morgan fingerprint density at radius 3 is 2.52 bits per heavy atom. The van der Waals surface area contributed by atoms with Gasteiger partial charge in [0.2, 0.25) is 0 Å². The van der Waals surface area contributed by atoms with E-state index in [1.54, 1.807) is 30.5 Å². The van der Waals surface area contributed by atoms with Gasteiger partial charge in [0.05, 0.1) is 23.9 Å². The maximum atomic E-state index is 12.4. The van der Waals surface area contributed by atoms with Crippen LogP contribution in [0.1, 0.15) is 34.8 Å². The second kappa shape index (κ2) is 5.75. The fourth-order valence-electron chi connectivity index (χ4n) is 2.62. The van der Waals surface area contributed by atoms with Crippen LogP contribution in [-0.2, 0) is 0 Å². The van der Waals surface area contributed by atoms with Crippen molar-refractivity contribution in [3.8, 4) is 6.07 Å². The minimum Gasteiger partial charge on any atom is -0.338 e. The van der Waals surface area contributed by atoms with Crippen molar-refractivity contribution in [2.75, 3.05) is 13.1 Å². The molecule has 21 heavy (non-hydrogen) atoms. The van der Waals surface area contributed by atoms with Gasteiger partial charge >= 0.3 is 0 Å². The molecule has 0 N–H and O–H groups in total. The van der Waals surface area contributed by atoms with Crippen LogP contribution in [0.5, 0.6) is 0 Å². The molecule has 2 heterocycles. The summed E-state index contributed by atoms with van der Waals surface area (Å²) in [4.78, 5) is 14.3. The third-order valence-corrected chi connectivity index (χ3v) is 3.83. The van der Waals surface area contributed by atoms with E-state index in [2.05, 4.69) is 16.4 Å². The number of benzene rings is 1. The number of nitriles is 1. The lowest BCUT2D eigenvalue weighted by Crippen LogP contribution is -2.39. The van der Waals surface area contributed by atoms with Crippen molar-refractivity contribution < 1.29 is 4.79 Å². The molecule has 0 atom stereocenters. The van der Waals surface area contributed by atoms with Gasteiger partial charge in [-0.1, -0.05) is 5.21 Å². The van der Waals surface area contributed by atoms with Crippen molar-refractivity contribution in [3.05, 3.63) is 47.8 Å². The quantitative estimate of drug-likeness (QED) is 0.838. The molecule has 106 valence electrons. The lowest BCUT2D eigenvalue weighted by Gasteiger charge is -2.31. The average Bonchev–Trinajstić information content (AvgIpc) is 3.09. The molecule has 1 aromatic heterocycles. The fourth-order valence-corrected chi connectivity index (χ4v) is 2.62. The van der Waals surface area contributed by atoms with E-state index in [4.69, 9.17) is 5.26 Å². The fraction of sp³-hybridized carbons (Fsp3) is 0.333. The average molecular weight is 281 g/mol. The summed E-state index contributed by atoms with van der Waals surface area (Å²) in [5.74, 6) is 0.0246. The van der Waals surface area contributed by atoms with E-state index >= 15 is 0 Å². The highest BCUT2D eigenvalue weighted by atomic mass is 16.2. The number of amides is 1. The SMILES string of the molecule is N#Cc1ccc(C(=O)N2CCC(n3ccnn3)CC2)cc1. The first-order valence-electron chi connectivity index (χ1n) is 6.93.